The zero-order chi connectivity index (χ0) is 23.2. The number of carbonyl (C=O) groups is 1. The van der Waals surface area contributed by atoms with Crippen LogP contribution in [-0.2, 0) is 17.5 Å². The fourth-order valence-electron chi connectivity index (χ4n) is 3.31. The molecule has 0 aliphatic heterocycles. The summed E-state index contributed by atoms with van der Waals surface area (Å²) < 4.78 is 42.5. The number of fused-ring (bicyclic) bond motifs is 2. The maximum atomic E-state index is 13.1. The summed E-state index contributed by atoms with van der Waals surface area (Å²) >= 11 is 3.35. The lowest BCUT2D eigenvalue weighted by Crippen LogP contribution is -2.31. The third kappa shape index (κ3) is 4.09. The summed E-state index contributed by atoms with van der Waals surface area (Å²) in [6, 6.07) is 4.53. The van der Waals surface area contributed by atoms with Gasteiger partial charge in [0, 0.05) is 5.39 Å². The molecule has 32 heavy (non-hydrogen) atoms. The first kappa shape index (κ1) is 21.9. The molecule has 4 rings (SSSR count). The normalized spacial score (nSPS) is 12.1. The number of amides is 1. The van der Waals surface area contributed by atoms with Crippen LogP contribution in [0, 0.1) is 0 Å². The Balaban J connectivity index is 1.69. The molecule has 3 aromatic heterocycles. The maximum absolute atomic E-state index is 13.1. The SMILES string of the molecule is CC(C)c1nn(CC(=O)Nc2cc(Br)c3ncnn3c2)c(=O)c2ccc(C(F)(F)F)cc12. The van der Waals surface area contributed by atoms with Gasteiger partial charge in [-0.2, -0.15) is 23.4 Å². The van der Waals surface area contributed by atoms with E-state index in [2.05, 4.69) is 36.4 Å². The van der Waals surface area contributed by atoms with Crippen molar-refractivity contribution in [2.45, 2.75) is 32.5 Å². The molecule has 0 aliphatic rings. The van der Waals surface area contributed by atoms with Crippen LogP contribution in [0.5, 0.6) is 0 Å². The number of nitrogens with one attached hydrogen (secondary N) is 1. The highest BCUT2D eigenvalue weighted by molar-refractivity contribution is 9.10. The molecule has 4 aromatic rings. The molecular formula is C20H16BrF3N6O2. The van der Waals surface area contributed by atoms with Crippen molar-refractivity contribution in [3.05, 3.63) is 62.9 Å². The average molecular weight is 509 g/mol. The molecular weight excluding hydrogens is 493 g/mol. The summed E-state index contributed by atoms with van der Waals surface area (Å²) in [7, 11) is 0. The molecule has 0 aliphatic carbocycles. The highest BCUT2D eigenvalue weighted by Gasteiger charge is 2.31. The Morgan fingerprint density at radius 1 is 1.22 bits per heavy atom. The largest absolute Gasteiger partial charge is 0.416 e. The van der Waals surface area contributed by atoms with Crippen molar-refractivity contribution in [3.8, 4) is 0 Å². The van der Waals surface area contributed by atoms with Crippen molar-refractivity contribution in [2.24, 2.45) is 0 Å². The van der Waals surface area contributed by atoms with E-state index in [-0.39, 0.29) is 16.7 Å². The fourth-order valence-corrected chi connectivity index (χ4v) is 3.84. The minimum atomic E-state index is -4.54. The van der Waals surface area contributed by atoms with Crippen molar-refractivity contribution >= 4 is 43.9 Å². The average Bonchev–Trinajstić information content (AvgIpc) is 3.18. The third-order valence-electron chi connectivity index (χ3n) is 4.77. The Kier molecular flexibility index (Phi) is 5.49. The van der Waals surface area contributed by atoms with E-state index < -0.39 is 29.8 Å². The van der Waals surface area contributed by atoms with E-state index in [1.54, 1.807) is 26.1 Å². The van der Waals surface area contributed by atoms with E-state index in [1.807, 2.05) is 0 Å². The number of carbonyl (C=O) groups excluding carboxylic acids is 1. The number of nitrogens with zero attached hydrogens (tertiary/aromatic N) is 5. The number of hydrogen-bond acceptors (Lipinski definition) is 5. The van der Waals surface area contributed by atoms with Gasteiger partial charge in [0.15, 0.2) is 5.65 Å². The van der Waals surface area contributed by atoms with E-state index in [0.717, 1.165) is 22.9 Å². The Bertz CT molecular complexity index is 1410. The highest BCUT2D eigenvalue weighted by atomic mass is 79.9. The van der Waals surface area contributed by atoms with Gasteiger partial charge >= 0.3 is 6.18 Å². The van der Waals surface area contributed by atoms with E-state index in [4.69, 9.17) is 0 Å². The molecule has 0 atom stereocenters. The van der Waals surface area contributed by atoms with Crippen LogP contribution in [0.1, 0.15) is 31.0 Å². The van der Waals surface area contributed by atoms with Gasteiger partial charge in [-0.15, -0.1) is 0 Å². The Hall–Kier alpha value is -3.28. The van der Waals surface area contributed by atoms with E-state index in [0.29, 0.717) is 21.5 Å². The quantitative estimate of drug-likeness (QED) is 0.449. The number of hydrogen-bond donors (Lipinski definition) is 1. The molecule has 1 aromatic carbocycles. The molecule has 8 nitrogen and oxygen atoms in total. The standard InChI is InChI=1S/C20H16BrF3N6O2/c1-10(2)17-14-5-11(20(22,23)24)3-4-13(14)19(32)30(28-17)8-16(31)27-12-6-15(21)18-25-9-26-29(18)7-12/h3-7,9-10H,8H2,1-2H3,(H,27,31). The number of benzene rings is 1. The van der Waals surface area contributed by atoms with Gasteiger partial charge < -0.3 is 5.32 Å². The van der Waals surface area contributed by atoms with Crippen molar-refractivity contribution in [1.29, 1.82) is 0 Å². The van der Waals surface area contributed by atoms with Gasteiger partial charge in [0.1, 0.15) is 12.9 Å². The van der Waals surface area contributed by atoms with Crippen LogP contribution in [0.2, 0.25) is 0 Å². The van der Waals surface area contributed by atoms with Gasteiger partial charge in [0.25, 0.3) is 5.56 Å². The smallest absolute Gasteiger partial charge is 0.323 e. The lowest BCUT2D eigenvalue weighted by Gasteiger charge is -2.15. The molecule has 12 heteroatoms. The van der Waals surface area contributed by atoms with Crippen molar-refractivity contribution in [3.63, 3.8) is 0 Å². The summed E-state index contributed by atoms with van der Waals surface area (Å²) in [6.45, 7) is 3.09. The zero-order valence-corrected chi connectivity index (χ0v) is 18.4. The molecule has 1 amide bonds. The van der Waals surface area contributed by atoms with Crippen LogP contribution in [0.3, 0.4) is 0 Å². The van der Waals surface area contributed by atoms with Gasteiger partial charge in [-0.1, -0.05) is 13.8 Å². The van der Waals surface area contributed by atoms with Gasteiger partial charge in [-0.3, -0.25) is 9.59 Å². The van der Waals surface area contributed by atoms with Crippen LogP contribution < -0.4 is 10.9 Å². The highest BCUT2D eigenvalue weighted by Crippen LogP contribution is 2.32. The van der Waals surface area contributed by atoms with Gasteiger partial charge in [-0.05, 0) is 46.1 Å². The summed E-state index contributed by atoms with van der Waals surface area (Å²) in [5.41, 5.74) is -0.244. The topological polar surface area (TPSA) is 94.2 Å². The first-order valence-electron chi connectivity index (χ1n) is 9.45. The number of pyridine rings is 1. The monoisotopic (exact) mass is 508 g/mol. The van der Waals surface area contributed by atoms with Crippen LogP contribution >= 0.6 is 15.9 Å². The second kappa shape index (κ2) is 8.01. The van der Waals surface area contributed by atoms with E-state index in [9.17, 15) is 22.8 Å². The Morgan fingerprint density at radius 2 is 1.97 bits per heavy atom. The summed E-state index contributed by atoms with van der Waals surface area (Å²) in [4.78, 5) is 29.5. The molecule has 0 unspecified atom stereocenters. The summed E-state index contributed by atoms with van der Waals surface area (Å²) in [5, 5.41) is 11.1. The maximum Gasteiger partial charge on any atom is 0.416 e. The first-order valence-corrected chi connectivity index (χ1v) is 10.2. The van der Waals surface area contributed by atoms with Crippen LogP contribution in [0.25, 0.3) is 16.4 Å². The number of halogens is 4. The first-order chi connectivity index (χ1) is 15.0. The van der Waals surface area contributed by atoms with Gasteiger partial charge in [0.2, 0.25) is 5.91 Å². The van der Waals surface area contributed by atoms with Gasteiger partial charge in [-0.25, -0.2) is 14.2 Å². The molecule has 0 saturated heterocycles. The van der Waals surface area contributed by atoms with Crippen molar-refractivity contribution in [1.82, 2.24) is 24.4 Å². The predicted molar refractivity (Wildman–Crippen MR) is 114 cm³/mol. The second-order valence-electron chi connectivity index (χ2n) is 7.41. The number of rotatable bonds is 4. The Morgan fingerprint density at radius 3 is 2.66 bits per heavy atom. The molecule has 0 fully saturated rings. The molecule has 1 N–H and O–H groups in total. The third-order valence-corrected chi connectivity index (χ3v) is 5.35. The van der Waals surface area contributed by atoms with Crippen LogP contribution in [-0.4, -0.2) is 30.3 Å². The number of anilines is 1. The molecule has 0 spiro atoms. The Labute approximate surface area is 187 Å². The van der Waals surface area contributed by atoms with Gasteiger partial charge in [0.05, 0.1) is 33.0 Å². The lowest BCUT2D eigenvalue weighted by atomic mass is 10.0. The molecule has 0 bridgehead atoms. The molecule has 0 radical (unpaired) electrons. The van der Waals surface area contributed by atoms with E-state index >= 15 is 0 Å². The van der Waals surface area contributed by atoms with Crippen molar-refractivity contribution < 1.29 is 18.0 Å². The molecule has 166 valence electrons. The summed E-state index contributed by atoms with van der Waals surface area (Å²) in [6.07, 6.45) is -1.63. The number of alkyl halides is 3. The predicted octanol–water partition coefficient (Wildman–Crippen LogP) is 3.98. The van der Waals surface area contributed by atoms with Crippen molar-refractivity contribution in [2.75, 3.05) is 5.32 Å². The minimum absolute atomic E-state index is 0.0660. The van der Waals surface area contributed by atoms with Crippen LogP contribution in [0.4, 0.5) is 18.9 Å². The minimum Gasteiger partial charge on any atom is -0.323 e. The lowest BCUT2D eigenvalue weighted by molar-refractivity contribution is -0.137. The fraction of sp³-hybridized carbons (Fsp3) is 0.250. The molecule has 0 saturated carbocycles. The summed E-state index contributed by atoms with van der Waals surface area (Å²) in [5.74, 6) is -0.812. The zero-order valence-electron chi connectivity index (χ0n) is 16.8. The van der Waals surface area contributed by atoms with Crippen LogP contribution in [0.15, 0.2) is 46.1 Å². The number of aromatic nitrogens is 5. The molecule has 3 heterocycles. The van der Waals surface area contributed by atoms with E-state index in [1.165, 1.54) is 10.8 Å². The second-order valence-corrected chi connectivity index (χ2v) is 8.27.